The van der Waals surface area contributed by atoms with Crippen molar-refractivity contribution in [2.24, 2.45) is 11.7 Å². The van der Waals surface area contributed by atoms with Gasteiger partial charge in [-0.25, -0.2) is 9.97 Å². The summed E-state index contributed by atoms with van der Waals surface area (Å²) < 4.78 is 5.02. The van der Waals surface area contributed by atoms with Gasteiger partial charge in [-0.15, -0.1) is 0 Å². The lowest BCUT2D eigenvalue weighted by atomic mass is 9.99. The highest BCUT2D eigenvalue weighted by atomic mass is 16.5. The maximum atomic E-state index is 6.05. The number of aryl methyl sites for hydroxylation is 1. The third kappa shape index (κ3) is 3.57. The third-order valence-corrected chi connectivity index (χ3v) is 2.49. The van der Waals surface area contributed by atoms with Crippen LogP contribution in [0.15, 0.2) is 12.4 Å². The molecule has 84 valence electrons. The maximum absolute atomic E-state index is 6.05. The minimum absolute atomic E-state index is 0.110. The molecule has 0 aromatic carbocycles. The molecule has 1 aromatic heterocycles. The van der Waals surface area contributed by atoms with Crippen molar-refractivity contribution in [2.75, 3.05) is 13.7 Å². The Morgan fingerprint density at radius 2 is 2.00 bits per heavy atom. The average Bonchev–Trinajstić information content (AvgIpc) is 2.26. The first-order valence-electron chi connectivity index (χ1n) is 5.18. The first-order valence-corrected chi connectivity index (χ1v) is 5.18. The average molecular weight is 209 g/mol. The van der Waals surface area contributed by atoms with E-state index >= 15 is 0 Å². The van der Waals surface area contributed by atoms with Gasteiger partial charge in [-0.2, -0.15) is 0 Å². The van der Waals surface area contributed by atoms with E-state index in [1.165, 1.54) is 0 Å². The number of ether oxygens (including phenoxy) is 1. The standard InChI is InChI=1S/C11H19N3O/c1-8-6-13-11(14-7-8)10(12)9(2)4-5-15-3/h6-7,9-10H,4-5,12H2,1-3H3. The fourth-order valence-corrected chi connectivity index (χ4v) is 1.31. The van der Waals surface area contributed by atoms with Crippen molar-refractivity contribution in [3.05, 3.63) is 23.8 Å². The summed E-state index contributed by atoms with van der Waals surface area (Å²) in [5, 5.41) is 0. The van der Waals surface area contributed by atoms with E-state index in [0.717, 1.165) is 18.6 Å². The van der Waals surface area contributed by atoms with Crippen molar-refractivity contribution in [3.63, 3.8) is 0 Å². The number of hydrogen-bond donors (Lipinski definition) is 1. The molecular weight excluding hydrogens is 190 g/mol. The van der Waals surface area contributed by atoms with Crippen LogP contribution < -0.4 is 5.73 Å². The molecule has 0 fully saturated rings. The Morgan fingerprint density at radius 1 is 1.40 bits per heavy atom. The SMILES string of the molecule is COCCC(C)C(N)c1ncc(C)cn1. The molecule has 4 nitrogen and oxygen atoms in total. The molecule has 0 saturated heterocycles. The lowest BCUT2D eigenvalue weighted by Crippen LogP contribution is -2.22. The Kier molecular flexibility index (Phi) is 4.65. The number of hydrogen-bond acceptors (Lipinski definition) is 4. The van der Waals surface area contributed by atoms with Crippen molar-refractivity contribution in [1.82, 2.24) is 9.97 Å². The van der Waals surface area contributed by atoms with E-state index in [1.807, 2.05) is 6.92 Å². The van der Waals surface area contributed by atoms with Crippen molar-refractivity contribution >= 4 is 0 Å². The van der Waals surface area contributed by atoms with Gasteiger partial charge in [0, 0.05) is 26.1 Å². The zero-order valence-corrected chi connectivity index (χ0v) is 9.60. The molecule has 0 bridgehead atoms. The number of nitrogens with zero attached hydrogens (tertiary/aromatic N) is 2. The Bertz CT molecular complexity index is 286. The molecule has 0 aliphatic heterocycles. The molecule has 0 saturated carbocycles. The highest BCUT2D eigenvalue weighted by Crippen LogP contribution is 2.18. The summed E-state index contributed by atoms with van der Waals surface area (Å²) in [5.41, 5.74) is 7.10. The number of aromatic nitrogens is 2. The zero-order valence-electron chi connectivity index (χ0n) is 9.60. The molecule has 2 atom stereocenters. The Morgan fingerprint density at radius 3 is 2.53 bits per heavy atom. The van der Waals surface area contributed by atoms with E-state index in [-0.39, 0.29) is 6.04 Å². The predicted octanol–water partition coefficient (Wildman–Crippen LogP) is 1.46. The van der Waals surface area contributed by atoms with Gasteiger partial charge in [-0.3, -0.25) is 0 Å². The monoisotopic (exact) mass is 209 g/mol. The van der Waals surface area contributed by atoms with Gasteiger partial charge in [-0.05, 0) is 24.8 Å². The van der Waals surface area contributed by atoms with Gasteiger partial charge in [0.1, 0.15) is 5.82 Å². The zero-order chi connectivity index (χ0) is 11.3. The fourth-order valence-electron chi connectivity index (χ4n) is 1.31. The van der Waals surface area contributed by atoms with Gasteiger partial charge in [0.05, 0.1) is 6.04 Å². The van der Waals surface area contributed by atoms with Crippen molar-refractivity contribution in [1.29, 1.82) is 0 Å². The van der Waals surface area contributed by atoms with Crippen LogP contribution in [0.4, 0.5) is 0 Å². The molecule has 0 spiro atoms. The maximum Gasteiger partial charge on any atom is 0.145 e. The minimum Gasteiger partial charge on any atom is -0.385 e. The minimum atomic E-state index is -0.110. The summed E-state index contributed by atoms with van der Waals surface area (Å²) in [7, 11) is 1.70. The summed E-state index contributed by atoms with van der Waals surface area (Å²) in [6.07, 6.45) is 4.52. The van der Waals surface area contributed by atoms with Gasteiger partial charge in [-0.1, -0.05) is 6.92 Å². The summed E-state index contributed by atoms with van der Waals surface area (Å²) >= 11 is 0. The van der Waals surface area contributed by atoms with Crippen molar-refractivity contribution in [3.8, 4) is 0 Å². The highest BCUT2D eigenvalue weighted by Gasteiger charge is 2.16. The van der Waals surface area contributed by atoms with Crippen LogP contribution in [0.3, 0.4) is 0 Å². The number of rotatable bonds is 5. The molecule has 0 aliphatic carbocycles. The second-order valence-corrected chi connectivity index (χ2v) is 3.90. The molecule has 1 rings (SSSR count). The van der Waals surface area contributed by atoms with Crippen LogP contribution >= 0.6 is 0 Å². The summed E-state index contributed by atoms with van der Waals surface area (Å²) in [5.74, 6) is 1.04. The van der Waals surface area contributed by atoms with Crippen molar-refractivity contribution < 1.29 is 4.74 Å². The van der Waals surface area contributed by atoms with Gasteiger partial charge in [0.25, 0.3) is 0 Å². The Hall–Kier alpha value is -1.00. The van der Waals surface area contributed by atoms with Gasteiger partial charge < -0.3 is 10.5 Å². The van der Waals surface area contributed by atoms with Crippen molar-refractivity contribution in [2.45, 2.75) is 26.3 Å². The molecule has 1 heterocycles. The molecule has 2 N–H and O–H groups in total. The second-order valence-electron chi connectivity index (χ2n) is 3.90. The van der Waals surface area contributed by atoms with Crippen LogP contribution in [-0.2, 0) is 4.74 Å². The van der Waals surface area contributed by atoms with E-state index in [2.05, 4.69) is 16.9 Å². The van der Waals surface area contributed by atoms with Gasteiger partial charge in [0.2, 0.25) is 0 Å². The summed E-state index contributed by atoms with van der Waals surface area (Å²) in [4.78, 5) is 8.46. The van der Waals surface area contributed by atoms with E-state index in [4.69, 9.17) is 10.5 Å². The van der Waals surface area contributed by atoms with Crippen LogP contribution in [0.1, 0.15) is 30.8 Å². The molecule has 0 radical (unpaired) electrons. The van der Waals surface area contributed by atoms with E-state index in [9.17, 15) is 0 Å². The summed E-state index contributed by atoms with van der Waals surface area (Å²) in [6.45, 7) is 4.78. The van der Waals surface area contributed by atoms with Crippen LogP contribution in [-0.4, -0.2) is 23.7 Å². The van der Waals surface area contributed by atoms with Gasteiger partial charge in [0.15, 0.2) is 0 Å². The molecule has 0 amide bonds. The first-order chi connectivity index (χ1) is 7.15. The second kappa shape index (κ2) is 5.78. The normalized spacial score (nSPS) is 14.9. The van der Waals surface area contributed by atoms with Crippen LogP contribution in [0.2, 0.25) is 0 Å². The topological polar surface area (TPSA) is 61.0 Å². The van der Waals surface area contributed by atoms with E-state index < -0.39 is 0 Å². The number of methoxy groups -OCH3 is 1. The molecule has 15 heavy (non-hydrogen) atoms. The molecule has 1 aromatic rings. The van der Waals surface area contributed by atoms with E-state index in [1.54, 1.807) is 19.5 Å². The lowest BCUT2D eigenvalue weighted by molar-refractivity contribution is 0.174. The fraction of sp³-hybridized carbons (Fsp3) is 0.636. The molecular formula is C11H19N3O. The third-order valence-electron chi connectivity index (χ3n) is 2.49. The van der Waals surface area contributed by atoms with E-state index in [0.29, 0.717) is 11.7 Å². The van der Waals surface area contributed by atoms with Crippen LogP contribution in [0.5, 0.6) is 0 Å². The molecule has 4 heteroatoms. The first kappa shape index (κ1) is 12.1. The Labute approximate surface area is 90.9 Å². The lowest BCUT2D eigenvalue weighted by Gasteiger charge is -2.17. The Balaban J connectivity index is 2.59. The quantitative estimate of drug-likeness (QED) is 0.797. The predicted molar refractivity (Wildman–Crippen MR) is 59.4 cm³/mol. The smallest absolute Gasteiger partial charge is 0.145 e. The van der Waals surface area contributed by atoms with Gasteiger partial charge >= 0.3 is 0 Å². The largest absolute Gasteiger partial charge is 0.385 e. The summed E-state index contributed by atoms with van der Waals surface area (Å²) in [6, 6.07) is -0.110. The van der Waals surface area contributed by atoms with Crippen LogP contribution in [0, 0.1) is 12.8 Å². The van der Waals surface area contributed by atoms with Crippen LogP contribution in [0.25, 0.3) is 0 Å². The molecule has 0 aliphatic rings. The highest BCUT2D eigenvalue weighted by molar-refractivity contribution is 5.04. The number of nitrogens with two attached hydrogens (primary N) is 1. The molecule has 2 unspecified atom stereocenters.